The molecule has 31 heavy (non-hydrogen) atoms. The second-order valence-electron chi connectivity index (χ2n) is 7.25. The van der Waals surface area contributed by atoms with E-state index in [1.54, 1.807) is 41.7 Å². The number of anilines is 2. The third-order valence-electron chi connectivity index (χ3n) is 5.04. The summed E-state index contributed by atoms with van der Waals surface area (Å²) in [4.78, 5) is 36.6. The van der Waals surface area contributed by atoms with Crippen LogP contribution in [-0.2, 0) is 6.54 Å². The van der Waals surface area contributed by atoms with E-state index in [2.05, 4.69) is 24.9 Å². The van der Waals surface area contributed by atoms with E-state index in [1.807, 2.05) is 26.0 Å². The largest absolute Gasteiger partial charge is 0.383 e. The van der Waals surface area contributed by atoms with Gasteiger partial charge in [0, 0.05) is 23.3 Å². The van der Waals surface area contributed by atoms with Crippen LogP contribution in [0, 0.1) is 6.92 Å². The highest BCUT2D eigenvalue weighted by atomic mass is 16.2. The first-order chi connectivity index (χ1) is 14.9. The lowest BCUT2D eigenvalue weighted by molar-refractivity contribution is 0.0663. The van der Waals surface area contributed by atoms with Crippen LogP contribution in [0.2, 0.25) is 0 Å². The quantitative estimate of drug-likeness (QED) is 0.508. The summed E-state index contributed by atoms with van der Waals surface area (Å²) in [6.07, 6.45) is 6.33. The van der Waals surface area contributed by atoms with E-state index in [0.717, 1.165) is 16.5 Å². The monoisotopic (exact) mass is 414 g/mol. The Morgan fingerprint density at radius 2 is 1.84 bits per heavy atom. The van der Waals surface area contributed by atoms with Gasteiger partial charge < -0.3 is 16.4 Å². The average molecular weight is 414 g/mol. The Bertz CT molecular complexity index is 1230. The first-order valence-electron chi connectivity index (χ1n) is 9.73. The summed E-state index contributed by atoms with van der Waals surface area (Å²) in [5.41, 5.74) is 14.3. The van der Waals surface area contributed by atoms with Crippen molar-refractivity contribution in [1.29, 1.82) is 0 Å². The Morgan fingerprint density at radius 3 is 2.55 bits per heavy atom. The van der Waals surface area contributed by atoms with Gasteiger partial charge >= 0.3 is 0 Å². The number of benzene rings is 1. The van der Waals surface area contributed by atoms with Crippen molar-refractivity contribution in [3.8, 4) is 0 Å². The lowest BCUT2D eigenvalue weighted by atomic mass is 10.1. The fraction of sp³-hybridized carbons (Fsp3) is 0.182. The fourth-order valence-corrected chi connectivity index (χ4v) is 3.27. The number of pyridine rings is 1. The molecule has 4 aromatic rings. The van der Waals surface area contributed by atoms with Crippen LogP contribution in [0.3, 0.4) is 0 Å². The number of nitrogens with two attached hydrogens (primary N) is 2. The number of fused-ring (bicyclic) bond motifs is 1. The van der Waals surface area contributed by atoms with E-state index in [0.29, 0.717) is 28.7 Å². The summed E-state index contributed by atoms with van der Waals surface area (Å²) in [5, 5.41) is 0.841. The number of carbonyl (C=O) groups excluding carboxylic acids is 1. The number of hydrogen-bond acceptors (Lipinski definition) is 8. The van der Waals surface area contributed by atoms with E-state index in [-0.39, 0.29) is 12.5 Å². The minimum atomic E-state index is -0.393. The average Bonchev–Trinajstić information content (AvgIpc) is 2.79. The van der Waals surface area contributed by atoms with Gasteiger partial charge in [0.05, 0.1) is 36.2 Å². The Labute approximate surface area is 179 Å². The Kier molecular flexibility index (Phi) is 5.40. The molecule has 0 radical (unpaired) electrons. The van der Waals surface area contributed by atoms with Crippen LogP contribution in [0.1, 0.15) is 40.4 Å². The molecule has 3 aromatic heterocycles. The molecule has 1 amide bonds. The Morgan fingerprint density at radius 1 is 1.06 bits per heavy atom. The highest BCUT2D eigenvalue weighted by Gasteiger charge is 2.25. The molecule has 0 aliphatic rings. The number of rotatable bonds is 5. The van der Waals surface area contributed by atoms with Gasteiger partial charge in [-0.2, -0.15) is 0 Å². The molecule has 3 heterocycles. The smallest absolute Gasteiger partial charge is 0.254 e. The molecule has 0 spiro atoms. The summed E-state index contributed by atoms with van der Waals surface area (Å²) in [5.74, 6) is 1.14. The number of aryl methyl sites for hydroxylation is 1. The van der Waals surface area contributed by atoms with Gasteiger partial charge in [-0.05, 0) is 49.7 Å². The topological polar surface area (TPSA) is 137 Å². The number of amides is 1. The van der Waals surface area contributed by atoms with Crippen molar-refractivity contribution in [2.75, 3.05) is 11.5 Å². The van der Waals surface area contributed by atoms with Crippen molar-refractivity contribution in [3.05, 3.63) is 77.8 Å². The second-order valence-corrected chi connectivity index (χ2v) is 7.25. The summed E-state index contributed by atoms with van der Waals surface area (Å²) < 4.78 is 0. The third-order valence-corrected chi connectivity index (χ3v) is 5.04. The number of hydrogen-bond donors (Lipinski definition) is 2. The second kappa shape index (κ2) is 8.31. The van der Waals surface area contributed by atoms with Gasteiger partial charge in [-0.3, -0.25) is 9.78 Å². The van der Waals surface area contributed by atoms with Crippen LogP contribution in [-0.4, -0.2) is 35.7 Å². The molecule has 4 N–H and O–H groups in total. The maximum Gasteiger partial charge on any atom is 0.254 e. The normalized spacial score (nSPS) is 11.9. The lowest BCUT2D eigenvalue weighted by Gasteiger charge is -2.28. The van der Waals surface area contributed by atoms with Crippen LogP contribution in [0.4, 0.5) is 11.6 Å². The minimum absolute atomic E-state index is 0.185. The summed E-state index contributed by atoms with van der Waals surface area (Å²) >= 11 is 0. The predicted octanol–water partition coefficient (Wildman–Crippen LogP) is 2.69. The molecule has 0 saturated carbocycles. The first kappa shape index (κ1) is 20.1. The van der Waals surface area contributed by atoms with E-state index in [1.165, 1.54) is 6.20 Å². The predicted molar refractivity (Wildman–Crippen MR) is 118 cm³/mol. The number of aromatic nitrogens is 5. The van der Waals surface area contributed by atoms with Gasteiger partial charge in [0.1, 0.15) is 17.5 Å². The molecule has 1 atom stereocenters. The highest BCUT2D eigenvalue weighted by molar-refractivity contribution is 5.98. The van der Waals surface area contributed by atoms with Crippen molar-refractivity contribution < 1.29 is 4.79 Å². The van der Waals surface area contributed by atoms with Gasteiger partial charge in [-0.15, -0.1) is 0 Å². The van der Waals surface area contributed by atoms with Crippen molar-refractivity contribution in [1.82, 2.24) is 29.8 Å². The van der Waals surface area contributed by atoms with Crippen molar-refractivity contribution in [2.24, 2.45) is 0 Å². The zero-order chi connectivity index (χ0) is 22.0. The van der Waals surface area contributed by atoms with Crippen LogP contribution >= 0.6 is 0 Å². The molecule has 1 aromatic carbocycles. The summed E-state index contributed by atoms with van der Waals surface area (Å²) in [7, 11) is 0. The third kappa shape index (κ3) is 4.25. The van der Waals surface area contributed by atoms with Crippen molar-refractivity contribution in [2.45, 2.75) is 26.4 Å². The highest BCUT2D eigenvalue weighted by Crippen LogP contribution is 2.24. The molecule has 156 valence electrons. The molecule has 0 bridgehead atoms. The molecule has 0 aliphatic heterocycles. The molecule has 4 rings (SSSR count). The van der Waals surface area contributed by atoms with E-state index < -0.39 is 6.04 Å². The van der Waals surface area contributed by atoms with E-state index >= 15 is 0 Å². The number of nitrogen functional groups attached to an aromatic ring is 2. The SMILES string of the molecule is Cc1cc2cc(C(=O)N(Cc3cnc(N)cn3)[C@H](C)c3ncccn3)ccc2nc1N. The van der Waals surface area contributed by atoms with Crippen LogP contribution in [0.5, 0.6) is 0 Å². The zero-order valence-corrected chi connectivity index (χ0v) is 17.2. The first-order valence-corrected chi connectivity index (χ1v) is 9.73. The van der Waals surface area contributed by atoms with Gasteiger partial charge in [0.2, 0.25) is 0 Å². The molecular weight excluding hydrogens is 392 g/mol. The fourth-order valence-electron chi connectivity index (χ4n) is 3.27. The van der Waals surface area contributed by atoms with E-state index in [9.17, 15) is 4.79 Å². The number of carbonyl (C=O) groups is 1. The molecule has 0 unspecified atom stereocenters. The Hall–Kier alpha value is -4.14. The van der Waals surface area contributed by atoms with E-state index in [4.69, 9.17) is 11.5 Å². The molecule has 0 aliphatic carbocycles. The molecule has 0 fully saturated rings. The number of nitrogens with zero attached hydrogens (tertiary/aromatic N) is 6. The maximum atomic E-state index is 13.6. The van der Waals surface area contributed by atoms with Gasteiger partial charge in [0.25, 0.3) is 5.91 Å². The summed E-state index contributed by atoms with van der Waals surface area (Å²) in [6.45, 7) is 3.99. The molecule has 9 heteroatoms. The lowest BCUT2D eigenvalue weighted by Crippen LogP contribution is -2.34. The van der Waals surface area contributed by atoms with Crippen molar-refractivity contribution in [3.63, 3.8) is 0 Å². The molecule has 9 nitrogen and oxygen atoms in total. The van der Waals surface area contributed by atoms with Gasteiger partial charge in [-0.1, -0.05) is 0 Å². The zero-order valence-electron chi connectivity index (χ0n) is 17.2. The van der Waals surface area contributed by atoms with Crippen LogP contribution < -0.4 is 11.5 Å². The Balaban J connectivity index is 1.72. The summed E-state index contributed by atoms with van der Waals surface area (Å²) in [6, 6.07) is 8.62. The van der Waals surface area contributed by atoms with Gasteiger partial charge in [0.15, 0.2) is 0 Å². The van der Waals surface area contributed by atoms with Crippen LogP contribution in [0.15, 0.2) is 55.1 Å². The molecular formula is C22H22N8O. The van der Waals surface area contributed by atoms with Crippen molar-refractivity contribution >= 4 is 28.4 Å². The maximum absolute atomic E-state index is 13.6. The minimum Gasteiger partial charge on any atom is -0.383 e. The van der Waals surface area contributed by atoms with Crippen LogP contribution in [0.25, 0.3) is 10.9 Å². The van der Waals surface area contributed by atoms with Gasteiger partial charge in [-0.25, -0.2) is 19.9 Å². The standard InChI is InChI=1S/C22H22N8O/c1-13-8-16-9-15(4-5-18(16)29-20(13)24)22(31)30(12-17-10-28-19(23)11-27-17)14(2)21-25-6-3-7-26-21/h3-11,14H,12H2,1-2H3,(H2,23,28)(H2,24,29)/t14-/m1/s1. The molecule has 0 saturated heterocycles.